The Kier molecular flexibility index (Phi) is 3.70. The Hall–Kier alpha value is -2.60. The van der Waals surface area contributed by atoms with Crippen LogP contribution >= 0.6 is 11.6 Å². The Morgan fingerprint density at radius 1 is 1.23 bits per heavy atom. The summed E-state index contributed by atoms with van der Waals surface area (Å²) in [6, 6.07) is 5.49. The highest BCUT2D eigenvalue weighted by atomic mass is 35.5. The van der Waals surface area contributed by atoms with E-state index in [1.54, 1.807) is 6.07 Å². The lowest BCUT2D eigenvalue weighted by atomic mass is 9.75. The summed E-state index contributed by atoms with van der Waals surface area (Å²) >= 11 is 6.16. The third kappa shape index (κ3) is 2.61. The zero-order valence-electron chi connectivity index (χ0n) is 14.8. The molecule has 0 aliphatic heterocycles. The summed E-state index contributed by atoms with van der Waals surface area (Å²) in [5.41, 5.74) is 2.61. The smallest absolute Gasteiger partial charge is 0.205 e. The number of rotatable bonds is 2. The zero-order chi connectivity index (χ0) is 18.6. The number of pyridine rings is 1. The van der Waals surface area contributed by atoms with Crippen LogP contribution in [0.25, 0.3) is 11.0 Å². The number of aromatic amines is 2. The first-order valence-electron chi connectivity index (χ1n) is 8.45. The number of anilines is 2. The number of benzene rings is 1. The van der Waals surface area contributed by atoms with Gasteiger partial charge in [-0.2, -0.15) is 5.10 Å². The standard InChI is InChI=1S/C19H19ClN4O2/c1-9-10(20)5-4-6-11(9)21-17-15-16(26)14-12(22-18(15)24-23-17)7-19(2,3)8-13(14)25/h4-6H,7-8H2,1-3H3,(H3,21,22,23,24,26). The molecular formula is C19H19ClN4O2. The average Bonchev–Trinajstić information content (AvgIpc) is 2.93. The summed E-state index contributed by atoms with van der Waals surface area (Å²) in [7, 11) is 0. The minimum absolute atomic E-state index is 0.120. The lowest BCUT2D eigenvalue weighted by Gasteiger charge is -2.29. The van der Waals surface area contributed by atoms with E-state index in [2.05, 4.69) is 20.5 Å². The maximum Gasteiger partial charge on any atom is 0.205 e. The van der Waals surface area contributed by atoms with Gasteiger partial charge < -0.3 is 10.3 Å². The van der Waals surface area contributed by atoms with Crippen molar-refractivity contribution in [3.05, 3.63) is 50.3 Å². The van der Waals surface area contributed by atoms with Crippen molar-refractivity contribution in [2.24, 2.45) is 5.41 Å². The summed E-state index contributed by atoms with van der Waals surface area (Å²) in [6.45, 7) is 5.94. The van der Waals surface area contributed by atoms with Gasteiger partial charge in [-0.25, -0.2) is 0 Å². The molecule has 3 aromatic rings. The number of carbonyl (C=O) groups is 1. The fourth-order valence-corrected chi connectivity index (χ4v) is 3.76. The molecule has 1 aliphatic carbocycles. The lowest BCUT2D eigenvalue weighted by Crippen LogP contribution is -2.32. The number of hydrogen-bond donors (Lipinski definition) is 3. The van der Waals surface area contributed by atoms with Crippen molar-refractivity contribution in [2.75, 3.05) is 5.32 Å². The highest BCUT2D eigenvalue weighted by Crippen LogP contribution is 2.34. The van der Waals surface area contributed by atoms with E-state index < -0.39 is 0 Å². The van der Waals surface area contributed by atoms with Crippen LogP contribution in [0.5, 0.6) is 0 Å². The largest absolute Gasteiger partial charge is 0.343 e. The van der Waals surface area contributed by atoms with Crippen LogP contribution in [0.3, 0.4) is 0 Å². The van der Waals surface area contributed by atoms with Crippen LogP contribution in [-0.4, -0.2) is 21.0 Å². The second kappa shape index (κ2) is 5.71. The van der Waals surface area contributed by atoms with Gasteiger partial charge in [0.25, 0.3) is 0 Å². The van der Waals surface area contributed by atoms with Crippen LogP contribution in [0.2, 0.25) is 5.02 Å². The van der Waals surface area contributed by atoms with Crippen LogP contribution in [0, 0.1) is 12.3 Å². The highest BCUT2D eigenvalue weighted by molar-refractivity contribution is 6.31. The number of H-pyrrole nitrogens is 2. The number of Topliss-reactive ketones (excluding diaryl/α,β-unsaturated/α-hetero) is 1. The van der Waals surface area contributed by atoms with Gasteiger partial charge in [-0.1, -0.05) is 31.5 Å². The number of ketones is 1. The molecule has 0 unspecified atom stereocenters. The molecule has 1 aliphatic rings. The molecule has 2 aromatic heterocycles. The Balaban J connectivity index is 1.87. The van der Waals surface area contributed by atoms with Crippen molar-refractivity contribution in [3.8, 4) is 0 Å². The second-order valence-corrected chi connectivity index (χ2v) is 8.02. The number of aromatic nitrogens is 3. The monoisotopic (exact) mass is 370 g/mol. The van der Waals surface area contributed by atoms with Gasteiger partial charge in [0.2, 0.25) is 5.43 Å². The van der Waals surface area contributed by atoms with E-state index in [0.29, 0.717) is 40.4 Å². The van der Waals surface area contributed by atoms with Gasteiger partial charge in [0.1, 0.15) is 11.0 Å². The van der Waals surface area contributed by atoms with E-state index in [-0.39, 0.29) is 22.2 Å². The zero-order valence-corrected chi connectivity index (χ0v) is 15.5. The summed E-state index contributed by atoms with van der Waals surface area (Å²) in [5.74, 6) is 0.262. The normalized spacial score (nSPS) is 15.9. The summed E-state index contributed by atoms with van der Waals surface area (Å²) in [4.78, 5) is 28.8. The third-order valence-electron chi connectivity index (χ3n) is 4.89. The summed E-state index contributed by atoms with van der Waals surface area (Å²) in [5, 5.41) is 11.2. The van der Waals surface area contributed by atoms with E-state index >= 15 is 0 Å². The number of nitrogens with zero attached hydrogens (tertiary/aromatic N) is 1. The Morgan fingerprint density at radius 3 is 2.77 bits per heavy atom. The van der Waals surface area contributed by atoms with Gasteiger partial charge in [0.15, 0.2) is 11.6 Å². The molecule has 0 atom stereocenters. The van der Waals surface area contributed by atoms with Crippen molar-refractivity contribution in [2.45, 2.75) is 33.6 Å². The van der Waals surface area contributed by atoms with Gasteiger partial charge in [-0.3, -0.25) is 14.7 Å². The molecule has 0 spiro atoms. The van der Waals surface area contributed by atoms with Crippen LogP contribution in [-0.2, 0) is 6.42 Å². The van der Waals surface area contributed by atoms with E-state index in [1.807, 2.05) is 32.9 Å². The van der Waals surface area contributed by atoms with Gasteiger partial charge >= 0.3 is 0 Å². The quantitative estimate of drug-likeness (QED) is 0.633. The molecule has 2 heterocycles. The van der Waals surface area contributed by atoms with Gasteiger partial charge in [0.05, 0.1) is 5.56 Å². The number of nitrogens with one attached hydrogen (secondary N) is 3. The van der Waals surface area contributed by atoms with E-state index in [4.69, 9.17) is 11.6 Å². The Bertz CT molecular complexity index is 1110. The summed E-state index contributed by atoms with van der Waals surface area (Å²) in [6.07, 6.45) is 1.01. The number of halogens is 1. The predicted octanol–water partition coefficient (Wildman–Crippen LogP) is 4.11. The molecule has 0 radical (unpaired) electrons. The van der Waals surface area contributed by atoms with Crippen molar-refractivity contribution in [3.63, 3.8) is 0 Å². The maximum absolute atomic E-state index is 13.1. The molecule has 4 rings (SSSR count). The molecule has 7 heteroatoms. The van der Waals surface area contributed by atoms with Crippen LogP contribution in [0.1, 0.15) is 41.9 Å². The molecule has 1 aromatic carbocycles. The van der Waals surface area contributed by atoms with Gasteiger partial charge in [-0.05, 0) is 36.5 Å². The molecule has 6 nitrogen and oxygen atoms in total. The van der Waals surface area contributed by atoms with E-state index in [1.165, 1.54) is 0 Å². The first-order valence-corrected chi connectivity index (χ1v) is 8.83. The van der Waals surface area contributed by atoms with Crippen LogP contribution in [0.4, 0.5) is 11.5 Å². The van der Waals surface area contributed by atoms with Crippen molar-refractivity contribution >= 4 is 39.9 Å². The Morgan fingerprint density at radius 2 is 2.00 bits per heavy atom. The average molecular weight is 371 g/mol. The molecule has 0 bridgehead atoms. The Labute approximate surface area is 155 Å². The van der Waals surface area contributed by atoms with Gasteiger partial charge in [0, 0.05) is 22.8 Å². The third-order valence-corrected chi connectivity index (χ3v) is 5.30. The minimum atomic E-state index is -0.287. The van der Waals surface area contributed by atoms with Gasteiger partial charge in [-0.15, -0.1) is 0 Å². The number of fused-ring (bicyclic) bond motifs is 2. The molecule has 0 saturated heterocycles. The fourth-order valence-electron chi connectivity index (χ4n) is 3.58. The lowest BCUT2D eigenvalue weighted by molar-refractivity contribution is 0.0909. The van der Waals surface area contributed by atoms with Crippen molar-refractivity contribution < 1.29 is 4.79 Å². The van der Waals surface area contributed by atoms with E-state index in [9.17, 15) is 9.59 Å². The molecule has 0 amide bonds. The van der Waals surface area contributed by atoms with Crippen molar-refractivity contribution in [1.29, 1.82) is 0 Å². The molecule has 134 valence electrons. The number of hydrogen-bond acceptors (Lipinski definition) is 4. The molecule has 3 N–H and O–H groups in total. The molecule has 26 heavy (non-hydrogen) atoms. The SMILES string of the molecule is Cc1c(Cl)cccc1Nc1n[nH]c2[nH]c3c(c(=O)c12)C(=O)CC(C)(C)C3. The number of carbonyl (C=O) groups excluding carboxylic acids is 1. The molecule has 0 saturated carbocycles. The van der Waals surface area contributed by atoms with Crippen LogP contribution < -0.4 is 10.7 Å². The highest BCUT2D eigenvalue weighted by Gasteiger charge is 2.34. The summed E-state index contributed by atoms with van der Waals surface area (Å²) < 4.78 is 0. The van der Waals surface area contributed by atoms with Crippen molar-refractivity contribution in [1.82, 2.24) is 15.2 Å². The minimum Gasteiger partial charge on any atom is -0.343 e. The fraction of sp³-hybridized carbons (Fsp3) is 0.316. The molecular weight excluding hydrogens is 352 g/mol. The maximum atomic E-state index is 13.1. The molecule has 0 fully saturated rings. The first-order chi connectivity index (χ1) is 12.3. The second-order valence-electron chi connectivity index (χ2n) is 7.61. The first kappa shape index (κ1) is 16.8. The topological polar surface area (TPSA) is 90.6 Å². The van der Waals surface area contributed by atoms with E-state index in [0.717, 1.165) is 11.3 Å². The predicted molar refractivity (Wildman–Crippen MR) is 103 cm³/mol. The van der Waals surface area contributed by atoms with Crippen LogP contribution in [0.15, 0.2) is 23.0 Å².